The van der Waals surface area contributed by atoms with E-state index in [0.29, 0.717) is 5.92 Å². The number of fused-ring (bicyclic) bond motifs is 1. The van der Waals surface area contributed by atoms with Crippen molar-refractivity contribution in [3.05, 3.63) is 46.8 Å². The van der Waals surface area contributed by atoms with Crippen LogP contribution in [-0.2, 0) is 25.0 Å². The number of nitrogens with zero attached hydrogens (tertiary/aromatic N) is 4. The molecule has 1 aromatic heterocycles. The van der Waals surface area contributed by atoms with Crippen LogP contribution in [0, 0.1) is 5.92 Å². The number of amides is 1. The molecule has 6 heteroatoms. The van der Waals surface area contributed by atoms with Crippen molar-refractivity contribution in [3.8, 4) is 0 Å². The second-order valence-corrected chi connectivity index (χ2v) is 9.11. The Labute approximate surface area is 171 Å². The molecule has 2 heterocycles. The first-order valence-corrected chi connectivity index (χ1v) is 11.1. The molecule has 0 bridgehead atoms. The molecule has 2 aliphatic carbocycles. The molecule has 154 valence electrons. The summed E-state index contributed by atoms with van der Waals surface area (Å²) in [6, 6.07) is 6.22. The van der Waals surface area contributed by atoms with Gasteiger partial charge in [-0.1, -0.05) is 11.3 Å². The van der Waals surface area contributed by atoms with E-state index in [-0.39, 0.29) is 5.91 Å². The molecule has 1 saturated carbocycles. The van der Waals surface area contributed by atoms with E-state index in [1.54, 1.807) is 0 Å². The normalized spacial score (nSPS) is 22.9. The van der Waals surface area contributed by atoms with Crippen LogP contribution in [0.15, 0.2) is 24.4 Å². The van der Waals surface area contributed by atoms with Crippen molar-refractivity contribution in [3.63, 3.8) is 0 Å². The van der Waals surface area contributed by atoms with Gasteiger partial charge in [-0.15, -0.1) is 5.10 Å². The average molecular weight is 395 g/mol. The van der Waals surface area contributed by atoms with E-state index < -0.39 is 5.60 Å². The minimum atomic E-state index is -0.736. The molecule has 1 unspecified atom stereocenters. The standard InChI is InChI=1S/C23H30N4O2/c28-22(20-7-5-18-4-6-19(18)15-20)26-12-1-3-17(8-13-26)9-14-27-16-21(24-25-27)23(29)10-2-11-23/h5,7,15-17,29H,1-4,6,8-14H2. The summed E-state index contributed by atoms with van der Waals surface area (Å²) in [5.41, 5.74) is 3.59. The quantitative estimate of drug-likeness (QED) is 0.846. The number of aryl methyl sites for hydroxylation is 3. The van der Waals surface area contributed by atoms with Crippen LogP contribution in [-0.4, -0.2) is 44.0 Å². The maximum Gasteiger partial charge on any atom is 0.253 e. The zero-order valence-electron chi connectivity index (χ0n) is 17.0. The number of hydrogen-bond donors (Lipinski definition) is 1. The van der Waals surface area contributed by atoms with E-state index in [4.69, 9.17) is 0 Å². The largest absolute Gasteiger partial charge is 0.383 e. The molecule has 1 amide bonds. The lowest BCUT2D eigenvalue weighted by Crippen LogP contribution is -2.34. The summed E-state index contributed by atoms with van der Waals surface area (Å²) in [5.74, 6) is 0.791. The van der Waals surface area contributed by atoms with Gasteiger partial charge in [0.1, 0.15) is 11.3 Å². The van der Waals surface area contributed by atoms with Crippen molar-refractivity contribution in [1.82, 2.24) is 19.9 Å². The number of aliphatic hydroxyl groups is 1. The predicted octanol–water partition coefficient (Wildman–Crippen LogP) is 3.08. The highest BCUT2D eigenvalue weighted by Crippen LogP contribution is 2.39. The van der Waals surface area contributed by atoms with Crippen molar-refractivity contribution in [2.75, 3.05) is 13.1 Å². The maximum atomic E-state index is 12.9. The minimum Gasteiger partial charge on any atom is -0.383 e. The fourth-order valence-electron chi connectivity index (χ4n) is 4.87. The smallest absolute Gasteiger partial charge is 0.253 e. The molecule has 6 nitrogen and oxygen atoms in total. The number of hydrogen-bond acceptors (Lipinski definition) is 4. The lowest BCUT2D eigenvalue weighted by Gasteiger charge is -2.34. The Balaban J connectivity index is 1.14. The topological polar surface area (TPSA) is 71.2 Å². The molecule has 1 aromatic carbocycles. The summed E-state index contributed by atoms with van der Waals surface area (Å²) in [7, 11) is 0. The summed E-state index contributed by atoms with van der Waals surface area (Å²) in [6.07, 6.45) is 11.1. The van der Waals surface area contributed by atoms with Crippen LogP contribution in [0.1, 0.15) is 72.1 Å². The summed E-state index contributed by atoms with van der Waals surface area (Å²) in [5, 5.41) is 18.8. The lowest BCUT2D eigenvalue weighted by atomic mass is 9.78. The van der Waals surface area contributed by atoms with Gasteiger partial charge in [-0.25, -0.2) is 0 Å². The number of carbonyl (C=O) groups excluding carboxylic acids is 1. The zero-order valence-corrected chi connectivity index (χ0v) is 17.0. The number of aromatic nitrogens is 3. The number of carbonyl (C=O) groups is 1. The van der Waals surface area contributed by atoms with E-state index in [2.05, 4.69) is 22.4 Å². The average Bonchev–Trinajstić information content (AvgIpc) is 3.03. The Hall–Kier alpha value is -2.21. The van der Waals surface area contributed by atoms with Gasteiger partial charge in [0.25, 0.3) is 5.91 Å². The molecular weight excluding hydrogens is 364 g/mol. The summed E-state index contributed by atoms with van der Waals surface area (Å²) in [4.78, 5) is 15.0. The first kappa shape index (κ1) is 18.8. The first-order chi connectivity index (χ1) is 14.1. The van der Waals surface area contributed by atoms with Crippen LogP contribution < -0.4 is 0 Å². The van der Waals surface area contributed by atoms with Crippen molar-refractivity contribution in [2.45, 2.75) is 69.9 Å². The molecule has 0 radical (unpaired) electrons. The van der Waals surface area contributed by atoms with Crippen LogP contribution >= 0.6 is 0 Å². The van der Waals surface area contributed by atoms with Gasteiger partial charge in [0, 0.05) is 25.2 Å². The Morgan fingerprint density at radius 1 is 1.14 bits per heavy atom. The molecule has 1 N–H and O–H groups in total. The van der Waals surface area contributed by atoms with Gasteiger partial charge in [0.15, 0.2) is 0 Å². The van der Waals surface area contributed by atoms with Gasteiger partial charge >= 0.3 is 0 Å². The molecule has 1 saturated heterocycles. The molecular formula is C23H30N4O2. The van der Waals surface area contributed by atoms with Gasteiger partial charge in [0.05, 0.1) is 6.20 Å². The number of benzene rings is 1. The highest BCUT2D eigenvalue weighted by Gasteiger charge is 2.38. The first-order valence-electron chi connectivity index (χ1n) is 11.1. The summed E-state index contributed by atoms with van der Waals surface area (Å²) >= 11 is 0. The van der Waals surface area contributed by atoms with Gasteiger partial charge in [0.2, 0.25) is 0 Å². The molecule has 5 rings (SSSR count). The van der Waals surface area contributed by atoms with Crippen LogP contribution in [0.2, 0.25) is 0 Å². The third kappa shape index (κ3) is 3.70. The Bertz CT molecular complexity index is 902. The Morgan fingerprint density at radius 3 is 2.72 bits per heavy atom. The molecule has 2 fully saturated rings. The predicted molar refractivity (Wildman–Crippen MR) is 109 cm³/mol. The second kappa shape index (κ2) is 7.56. The Kier molecular flexibility index (Phi) is 4.90. The van der Waals surface area contributed by atoms with E-state index >= 15 is 0 Å². The van der Waals surface area contributed by atoms with Gasteiger partial charge in [-0.3, -0.25) is 9.48 Å². The Morgan fingerprint density at radius 2 is 2.00 bits per heavy atom. The SMILES string of the molecule is O=C(c1ccc2c(c1)CC2)N1CCCC(CCn2cc(C3(O)CCC3)nn2)CC1. The van der Waals surface area contributed by atoms with Gasteiger partial charge < -0.3 is 10.0 Å². The molecule has 29 heavy (non-hydrogen) atoms. The van der Waals surface area contributed by atoms with Crippen molar-refractivity contribution < 1.29 is 9.90 Å². The monoisotopic (exact) mass is 394 g/mol. The number of likely N-dealkylation sites (tertiary alicyclic amines) is 1. The third-order valence-electron chi connectivity index (χ3n) is 7.21. The van der Waals surface area contributed by atoms with Crippen molar-refractivity contribution >= 4 is 5.91 Å². The fourth-order valence-corrected chi connectivity index (χ4v) is 4.87. The van der Waals surface area contributed by atoms with Crippen LogP contribution in [0.25, 0.3) is 0 Å². The lowest BCUT2D eigenvalue weighted by molar-refractivity contribution is -0.0427. The van der Waals surface area contributed by atoms with E-state index in [0.717, 1.165) is 88.7 Å². The second-order valence-electron chi connectivity index (χ2n) is 9.11. The third-order valence-corrected chi connectivity index (χ3v) is 7.21. The van der Waals surface area contributed by atoms with Gasteiger partial charge in [-0.05, 0) is 87.0 Å². The fraction of sp³-hybridized carbons (Fsp3) is 0.609. The van der Waals surface area contributed by atoms with Crippen molar-refractivity contribution in [2.24, 2.45) is 5.92 Å². The molecule has 2 aromatic rings. The summed E-state index contributed by atoms with van der Waals surface area (Å²) < 4.78 is 1.88. The van der Waals surface area contributed by atoms with Crippen LogP contribution in [0.3, 0.4) is 0 Å². The van der Waals surface area contributed by atoms with Crippen molar-refractivity contribution in [1.29, 1.82) is 0 Å². The van der Waals surface area contributed by atoms with Gasteiger partial charge in [-0.2, -0.15) is 0 Å². The zero-order chi connectivity index (χ0) is 19.8. The van der Waals surface area contributed by atoms with E-state index in [1.807, 2.05) is 21.8 Å². The molecule has 3 aliphatic rings. The highest BCUT2D eigenvalue weighted by atomic mass is 16.3. The molecule has 1 aliphatic heterocycles. The number of rotatable bonds is 5. The molecule has 1 atom stereocenters. The maximum absolute atomic E-state index is 12.9. The van der Waals surface area contributed by atoms with Crippen LogP contribution in [0.5, 0.6) is 0 Å². The summed E-state index contributed by atoms with van der Waals surface area (Å²) in [6.45, 7) is 2.52. The van der Waals surface area contributed by atoms with Crippen LogP contribution in [0.4, 0.5) is 0 Å². The molecule has 0 spiro atoms. The minimum absolute atomic E-state index is 0.190. The van der Waals surface area contributed by atoms with E-state index in [9.17, 15) is 9.90 Å². The van der Waals surface area contributed by atoms with E-state index in [1.165, 1.54) is 11.1 Å². The highest BCUT2D eigenvalue weighted by molar-refractivity contribution is 5.94.